The number of benzene rings is 1. The van der Waals surface area contributed by atoms with Crippen LogP contribution in [-0.4, -0.2) is 4.57 Å². The van der Waals surface area contributed by atoms with Crippen molar-refractivity contribution in [2.75, 3.05) is 0 Å². The van der Waals surface area contributed by atoms with Gasteiger partial charge in [0, 0.05) is 22.2 Å². The Morgan fingerprint density at radius 2 is 2.06 bits per heavy atom. The number of rotatable bonds is 2. The first-order valence-corrected chi connectivity index (χ1v) is 5.94. The van der Waals surface area contributed by atoms with Gasteiger partial charge in [0.05, 0.1) is 29.6 Å². The van der Waals surface area contributed by atoms with Crippen molar-refractivity contribution >= 4 is 34.1 Å². The van der Waals surface area contributed by atoms with E-state index in [4.69, 9.17) is 27.6 Å². The van der Waals surface area contributed by atoms with E-state index >= 15 is 0 Å². The molecule has 0 aliphatic heterocycles. The summed E-state index contributed by atoms with van der Waals surface area (Å²) in [7, 11) is 0. The summed E-state index contributed by atoms with van der Waals surface area (Å²) in [6.07, 6.45) is 5.40. The highest BCUT2D eigenvalue weighted by Crippen LogP contribution is 2.29. The molecule has 17 heavy (non-hydrogen) atoms. The molecule has 0 saturated carbocycles. The summed E-state index contributed by atoms with van der Waals surface area (Å²) >= 11 is 12.2. The zero-order valence-corrected chi connectivity index (χ0v) is 10.4. The lowest BCUT2D eigenvalue weighted by Gasteiger charge is -2.04. The van der Waals surface area contributed by atoms with Gasteiger partial charge in [0.25, 0.3) is 0 Å². The smallest absolute Gasteiger partial charge is 0.0952 e. The fraction of sp³-hybridized carbons (Fsp3) is 0.0769. The summed E-state index contributed by atoms with van der Waals surface area (Å²) in [5.74, 6) is 0. The number of aromatic nitrogens is 1. The monoisotopic (exact) mass is 265 g/mol. The standard InChI is InChI=1S/C13H9Cl2NO/c14-10-5-12(15)11-1-3-16(13(11)6-10)7-9-2-4-17-8-9/h1-6,8H,7H2. The number of furan rings is 1. The lowest BCUT2D eigenvalue weighted by molar-refractivity contribution is 0.562. The number of nitrogens with zero attached hydrogens (tertiary/aromatic N) is 1. The van der Waals surface area contributed by atoms with Crippen LogP contribution < -0.4 is 0 Å². The lowest BCUT2D eigenvalue weighted by Crippen LogP contribution is -1.96. The average Bonchev–Trinajstić information content (AvgIpc) is 2.89. The molecule has 0 N–H and O–H groups in total. The molecular weight excluding hydrogens is 257 g/mol. The first kappa shape index (κ1) is 10.8. The maximum atomic E-state index is 6.14. The van der Waals surface area contributed by atoms with Crippen molar-refractivity contribution in [3.8, 4) is 0 Å². The van der Waals surface area contributed by atoms with Crippen LogP contribution in [0.2, 0.25) is 10.0 Å². The number of fused-ring (bicyclic) bond motifs is 1. The summed E-state index contributed by atoms with van der Waals surface area (Å²) in [6.45, 7) is 0.747. The Bertz CT molecular complexity index is 655. The van der Waals surface area contributed by atoms with Crippen LogP contribution in [0.4, 0.5) is 0 Å². The van der Waals surface area contributed by atoms with Crippen molar-refractivity contribution < 1.29 is 4.42 Å². The molecule has 0 fully saturated rings. The Morgan fingerprint density at radius 3 is 2.82 bits per heavy atom. The van der Waals surface area contributed by atoms with Crippen molar-refractivity contribution in [3.63, 3.8) is 0 Å². The van der Waals surface area contributed by atoms with E-state index in [2.05, 4.69) is 4.57 Å². The Kier molecular flexibility index (Phi) is 2.61. The van der Waals surface area contributed by atoms with Crippen LogP contribution in [0, 0.1) is 0 Å². The molecule has 0 atom stereocenters. The topological polar surface area (TPSA) is 18.1 Å². The molecule has 1 aromatic carbocycles. The van der Waals surface area contributed by atoms with Gasteiger partial charge in [0.15, 0.2) is 0 Å². The molecule has 0 saturated heterocycles. The third-order valence-electron chi connectivity index (χ3n) is 2.74. The second kappa shape index (κ2) is 4.13. The second-order valence-electron chi connectivity index (χ2n) is 3.90. The number of hydrogen-bond acceptors (Lipinski definition) is 1. The van der Waals surface area contributed by atoms with Gasteiger partial charge >= 0.3 is 0 Å². The number of halogens is 2. The zero-order chi connectivity index (χ0) is 11.8. The van der Waals surface area contributed by atoms with E-state index in [0.717, 1.165) is 23.0 Å². The van der Waals surface area contributed by atoms with E-state index in [1.54, 1.807) is 18.6 Å². The molecule has 3 aromatic rings. The predicted molar refractivity (Wildman–Crippen MR) is 69.8 cm³/mol. The van der Waals surface area contributed by atoms with E-state index < -0.39 is 0 Å². The molecule has 0 spiro atoms. The highest BCUT2D eigenvalue weighted by atomic mass is 35.5. The minimum Gasteiger partial charge on any atom is -0.472 e. The van der Waals surface area contributed by atoms with E-state index in [9.17, 15) is 0 Å². The Labute approximate surface area is 108 Å². The minimum atomic E-state index is 0.648. The molecule has 3 rings (SSSR count). The van der Waals surface area contributed by atoms with Gasteiger partial charge in [-0.3, -0.25) is 0 Å². The molecule has 0 unspecified atom stereocenters. The normalized spacial score (nSPS) is 11.2. The first-order valence-electron chi connectivity index (χ1n) is 5.19. The quantitative estimate of drug-likeness (QED) is 0.663. The zero-order valence-electron chi connectivity index (χ0n) is 8.86. The van der Waals surface area contributed by atoms with E-state index in [1.807, 2.05) is 24.4 Å². The van der Waals surface area contributed by atoms with Crippen LogP contribution in [0.25, 0.3) is 10.9 Å². The summed E-state index contributed by atoms with van der Waals surface area (Å²) < 4.78 is 7.15. The van der Waals surface area contributed by atoms with Gasteiger partial charge in [0.2, 0.25) is 0 Å². The Balaban J connectivity index is 2.11. The maximum absolute atomic E-state index is 6.14. The van der Waals surface area contributed by atoms with Gasteiger partial charge in [-0.2, -0.15) is 0 Å². The third kappa shape index (κ3) is 1.94. The van der Waals surface area contributed by atoms with Crippen molar-refractivity contribution in [1.82, 2.24) is 4.57 Å². The van der Waals surface area contributed by atoms with Gasteiger partial charge < -0.3 is 8.98 Å². The van der Waals surface area contributed by atoms with Crippen molar-refractivity contribution in [3.05, 3.63) is 58.6 Å². The third-order valence-corrected chi connectivity index (χ3v) is 3.27. The molecular formula is C13H9Cl2NO. The van der Waals surface area contributed by atoms with Gasteiger partial charge in [-0.05, 0) is 24.3 Å². The average molecular weight is 266 g/mol. The van der Waals surface area contributed by atoms with E-state index in [0.29, 0.717) is 10.0 Å². The Morgan fingerprint density at radius 1 is 1.18 bits per heavy atom. The lowest BCUT2D eigenvalue weighted by atomic mass is 10.2. The van der Waals surface area contributed by atoms with Gasteiger partial charge in [-0.15, -0.1) is 0 Å². The molecule has 2 nitrogen and oxygen atoms in total. The van der Waals surface area contributed by atoms with Crippen molar-refractivity contribution in [1.29, 1.82) is 0 Å². The second-order valence-corrected chi connectivity index (χ2v) is 4.74. The molecule has 2 aromatic heterocycles. The first-order chi connectivity index (χ1) is 8.24. The minimum absolute atomic E-state index is 0.648. The van der Waals surface area contributed by atoms with Gasteiger partial charge in [-0.1, -0.05) is 23.2 Å². The molecule has 0 aliphatic rings. The van der Waals surface area contributed by atoms with Crippen LogP contribution in [0.1, 0.15) is 5.56 Å². The molecule has 0 radical (unpaired) electrons. The number of hydrogen-bond donors (Lipinski definition) is 0. The molecule has 4 heteroatoms. The molecule has 0 aliphatic carbocycles. The van der Waals surface area contributed by atoms with E-state index in [-0.39, 0.29) is 0 Å². The fourth-order valence-electron chi connectivity index (χ4n) is 1.94. The van der Waals surface area contributed by atoms with Crippen LogP contribution >= 0.6 is 23.2 Å². The summed E-state index contributed by atoms with van der Waals surface area (Å²) in [6, 6.07) is 7.61. The predicted octanol–water partition coefficient (Wildman–Crippen LogP) is 4.59. The Hall–Kier alpha value is -1.38. The van der Waals surface area contributed by atoms with E-state index in [1.165, 1.54) is 0 Å². The van der Waals surface area contributed by atoms with Crippen molar-refractivity contribution in [2.45, 2.75) is 6.54 Å². The molecule has 0 amide bonds. The maximum Gasteiger partial charge on any atom is 0.0952 e. The van der Waals surface area contributed by atoms with Crippen LogP contribution in [0.5, 0.6) is 0 Å². The largest absolute Gasteiger partial charge is 0.472 e. The van der Waals surface area contributed by atoms with Crippen LogP contribution in [0.3, 0.4) is 0 Å². The molecule has 2 heterocycles. The highest BCUT2D eigenvalue weighted by Gasteiger charge is 2.07. The molecule has 86 valence electrons. The SMILES string of the molecule is Clc1cc(Cl)c2ccn(Cc3ccoc3)c2c1. The van der Waals surface area contributed by atoms with Crippen LogP contribution in [0.15, 0.2) is 47.4 Å². The van der Waals surface area contributed by atoms with Gasteiger partial charge in [-0.25, -0.2) is 0 Å². The van der Waals surface area contributed by atoms with Crippen LogP contribution in [-0.2, 0) is 6.54 Å². The highest BCUT2D eigenvalue weighted by molar-refractivity contribution is 6.38. The fourth-order valence-corrected chi connectivity index (χ4v) is 2.48. The summed E-state index contributed by atoms with van der Waals surface area (Å²) in [5, 5.41) is 2.34. The molecule has 0 bridgehead atoms. The summed E-state index contributed by atoms with van der Waals surface area (Å²) in [4.78, 5) is 0. The summed E-state index contributed by atoms with van der Waals surface area (Å²) in [5.41, 5.74) is 2.14. The van der Waals surface area contributed by atoms with Gasteiger partial charge in [0.1, 0.15) is 0 Å². The van der Waals surface area contributed by atoms with Crippen molar-refractivity contribution in [2.24, 2.45) is 0 Å².